The number of halogens is 2. The van der Waals surface area contributed by atoms with Crippen molar-refractivity contribution in [3.05, 3.63) is 168 Å². The van der Waals surface area contributed by atoms with Crippen molar-refractivity contribution >= 4 is 24.7 Å². The predicted molar refractivity (Wildman–Crippen MR) is 210 cm³/mol. The van der Waals surface area contributed by atoms with Crippen molar-refractivity contribution in [1.29, 1.82) is 0 Å². The van der Waals surface area contributed by atoms with Crippen molar-refractivity contribution in [2.24, 2.45) is 0 Å². The first-order valence-corrected chi connectivity index (χ1v) is 20.4. The summed E-state index contributed by atoms with van der Waals surface area (Å²) in [6.45, 7) is 6.17. The Morgan fingerprint density at radius 2 is 0.964 bits per heavy atom. The standard InChI is InChI=1S/C45H48F2O7Si/c1-44(2,3)55(36-25-15-7-16-26-36,37-27-17-8-18-28-37)53-32-38-39(50-29-33-19-9-4-10-20-33)40(51-30-34-21-11-5-12-22-34)41(42(54-38)45(46,47)43(48)49)52-31-35-23-13-6-14-24-35/h4-28,38-42H,29-32H2,1-3H3,(H,48,49)/t38-,39-,40+,41+,42+/m1/s1. The van der Waals surface area contributed by atoms with E-state index in [1.54, 1.807) is 12.1 Å². The van der Waals surface area contributed by atoms with Gasteiger partial charge in [-0.1, -0.05) is 172 Å². The second-order valence-electron chi connectivity index (χ2n) is 14.8. The summed E-state index contributed by atoms with van der Waals surface area (Å²) in [7, 11) is -3.22. The maximum atomic E-state index is 16.2. The fraction of sp³-hybridized carbons (Fsp3) is 0.311. The summed E-state index contributed by atoms with van der Waals surface area (Å²) in [6, 6.07) is 47.8. The van der Waals surface area contributed by atoms with Crippen LogP contribution in [0.25, 0.3) is 0 Å². The highest BCUT2D eigenvalue weighted by Gasteiger charge is 2.61. The van der Waals surface area contributed by atoms with Gasteiger partial charge in [0.25, 0.3) is 8.32 Å². The molecule has 5 atom stereocenters. The van der Waals surface area contributed by atoms with E-state index >= 15 is 8.78 Å². The van der Waals surface area contributed by atoms with E-state index in [2.05, 4.69) is 20.8 Å². The van der Waals surface area contributed by atoms with Crippen LogP contribution in [0.4, 0.5) is 8.78 Å². The number of aliphatic carboxylic acids is 1. The van der Waals surface area contributed by atoms with Gasteiger partial charge in [0.15, 0.2) is 6.10 Å². The first-order chi connectivity index (χ1) is 26.5. The zero-order chi connectivity index (χ0) is 38.9. The second-order valence-corrected chi connectivity index (χ2v) is 19.1. The molecule has 55 heavy (non-hydrogen) atoms. The molecule has 1 fully saturated rings. The molecule has 10 heteroatoms. The van der Waals surface area contributed by atoms with Gasteiger partial charge in [-0.15, -0.1) is 0 Å². The van der Waals surface area contributed by atoms with Crippen molar-refractivity contribution in [2.75, 3.05) is 6.61 Å². The van der Waals surface area contributed by atoms with Gasteiger partial charge >= 0.3 is 11.9 Å². The molecule has 1 N–H and O–H groups in total. The van der Waals surface area contributed by atoms with Crippen LogP contribution < -0.4 is 10.4 Å². The lowest BCUT2D eigenvalue weighted by Crippen LogP contribution is -2.70. The normalized spacial score (nSPS) is 20.6. The van der Waals surface area contributed by atoms with Gasteiger partial charge in [0.05, 0.1) is 26.4 Å². The van der Waals surface area contributed by atoms with Crippen LogP contribution in [0.3, 0.4) is 0 Å². The van der Waals surface area contributed by atoms with Crippen LogP contribution in [0.1, 0.15) is 37.5 Å². The molecule has 0 aliphatic carbocycles. The molecule has 0 unspecified atom stereocenters. The third kappa shape index (κ3) is 9.29. The van der Waals surface area contributed by atoms with E-state index < -0.39 is 55.8 Å². The zero-order valence-corrected chi connectivity index (χ0v) is 32.3. The highest BCUT2D eigenvalue weighted by molar-refractivity contribution is 6.99. The van der Waals surface area contributed by atoms with E-state index in [0.29, 0.717) is 5.56 Å². The summed E-state index contributed by atoms with van der Waals surface area (Å²) in [5.74, 6) is -6.70. The predicted octanol–water partition coefficient (Wildman–Crippen LogP) is 7.81. The first kappa shape index (κ1) is 40.1. The molecule has 0 aromatic heterocycles. The van der Waals surface area contributed by atoms with Crippen LogP contribution in [0.5, 0.6) is 0 Å². The Bertz CT molecular complexity index is 1870. The van der Waals surface area contributed by atoms with Gasteiger partial charge in [-0.05, 0) is 32.1 Å². The maximum Gasteiger partial charge on any atom is 0.377 e. The minimum atomic E-state index is -4.37. The zero-order valence-electron chi connectivity index (χ0n) is 31.3. The summed E-state index contributed by atoms with van der Waals surface area (Å²) in [6.07, 6.45) is -7.23. The molecule has 0 saturated carbocycles. The summed E-state index contributed by atoms with van der Waals surface area (Å²) >= 11 is 0. The van der Waals surface area contributed by atoms with Crippen molar-refractivity contribution in [2.45, 2.75) is 82.1 Å². The van der Waals surface area contributed by atoms with Crippen molar-refractivity contribution in [3.63, 3.8) is 0 Å². The van der Waals surface area contributed by atoms with Gasteiger partial charge in [-0.25, -0.2) is 4.79 Å². The van der Waals surface area contributed by atoms with E-state index in [9.17, 15) is 9.90 Å². The molecule has 0 spiro atoms. The summed E-state index contributed by atoms with van der Waals surface area (Å²) in [4.78, 5) is 12.4. The molecule has 5 aromatic carbocycles. The molecule has 5 aromatic rings. The summed E-state index contributed by atoms with van der Waals surface area (Å²) in [5.41, 5.74) is 2.34. The number of alkyl halides is 2. The Labute approximate surface area is 322 Å². The Balaban J connectivity index is 1.45. The molecule has 0 amide bonds. The highest BCUT2D eigenvalue weighted by atomic mass is 28.4. The van der Waals surface area contributed by atoms with Crippen molar-refractivity contribution < 1.29 is 42.1 Å². The number of carbonyl (C=O) groups is 1. The maximum absolute atomic E-state index is 16.2. The minimum absolute atomic E-state index is 0.0234. The molecule has 6 rings (SSSR count). The quantitative estimate of drug-likeness (QED) is 0.103. The Hall–Kier alpha value is -4.55. The lowest BCUT2D eigenvalue weighted by atomic mass is 9.91. The van der Waals surface area contributed by atoms with Crippen LogP contribution in [-0.4, -0.2) is 62.4 Å². The lowest BCUT2D eigenvalue weighted by Gasteiger charge is -2.49. The average Bonchev–Trinajstić information content (AvgIpc) is 3.20. The van der Waals surface area contributed by atoms with E-state index in [1.165, 1.54) is 0 Å². The van der Waals surface area contributed by atoms with Gasteiger partial charge in [0.2, 0.25) is 0 Å². The number of hydrogen-bond donors (Lipinski definition) is 1. The molecule has 288 valence electrons. The number of benzene rings is 5. The molecule has 0 bridgehead atoms. The molecular weight excluding hydrogens is 719 g/mol. The number of ether oxygens (including phenoxy) is 4. The first-order valence-electron chi connectivity index (χ1n) is 18.5. The SMILES string of the molecule is CC(C)(C)[Si](OC[C@H]1O[C@H](C(F)(F)C(=O)O)[C@@H](OCc2ccccc2)[C@@H](OCc2ccccc2)[C@@H]1OCc1ccccc1)(c1ccccc1)c1ccccc1. The Morgan fingerprint density at radius 3 is 1.35 bits per heavy atom. The molecule has 1 aliphatic rings. The molecular formula is C45H48F2O7Si. The van der Waals surface area contributed by atoms with E-state index in [0.717, 1.165) is 21.5 Å². The third-order valence-electron chi connectivity index (χ3n) is 10.0. The van der Waals surface area contributed by atoms with Gasteiger partial charge in [0.1, 0.15) is 24.4 Å². The Morgan fingerprint density at radius 1 is 0.600 bits per heavy atom. The largest absolute Gasteiger partial charge is 0.477 e. The molecule has 0 radical (unpaired) electrons. The van der Waals surface area contributed by atoms with Crippen molar-refractivity contribution in [3.8, 4) is 0 Å². The van der Waals surface area contributed by atoms with Gasteiger partial charge in [-0.3, -0.25) is 0 Å². The summed E-state index contributed by atoms with van der Waals surface area (Å²) < 4.78 is 65.4. The van der Waals surface area contributed by atoms with Crippen molar-refractivity contribution in [1.82, 2.24) is 0 Å². The Kier molecular flexibility index (Phi) is 13.1. The average molecular weight is 767 g/mol. The molecule has 1 heterocycles. The third-order valence-corrected chi connectivity index (χ3v) is 15.0. The molecule has 1 aliphatic heterocycles. The van der Waals surface area contributed by atoms with E-state index in [-0.39, 0.29) is 26.4 Å². The monoisotopic (exact) mass is 766 g/mol. The molecule has 7 nitrogen and oxygen atoms in total. The lowest BCUT2D eigenvalue weighted by molar-refractivity contribution is -0.304. The summed E-state index contributed by atoms with van der Waals surface area (Å²) in [5, 5.41) is 11.5. The van der Waals surface area contributed by atoms with Crippen LogP contribution in [-0.2, 0) is 48.0 Å². The topological polar surface area (TPSA) is 83.5 Å². The fourth-order valence-corrected chi connectivity index (χ4v) is 11.9. The fourth-order valence-electron chi connectivity index (χ4n) is 7.30. The van der Waals surface area contributed by atoms with E-state index in [4.69, 9.17) is 23.4 Å². The number of carboxylic acids is 1. The van der Waals surface area contributed by atoms with Crippen LogP contribution in [0, 0.1) is 0 Å². The number of rotatable bonds is 16. The number of hydrogen-bond acceptors (Lipinski definition) is 6. The van der Waals surface area contributed by atoms with Crippen LogP contribution >= 0.6 is 0 Å². The smallest absolute Gasteiger partial charge is 0.377 e. The highest BCUT2D eigenvalue weighted by Crippen LogP contribution is 2.40. The van der Waals surface area contributed by atoms with Gasteiger partial charge in [-0.2, -0.15) is 8.78 Å². The van der Waals surface area contributed by atoms with Gasteiger partial charge in [0, 0.05) is 0 Å². The van der Waals surface area contributed by atoms with Gasteiger partial charge < -0.3 is 28.5 Å². The minimum Gasteiger partial charge on any atom is -0.477 e. The van der Waals surface area contributed by atoms with E-state index in [1.807, 2.05) is 140 Å². The van der Waals surface area contributed by atoms with Crippen LogP contribution in [0.15, 0.2) is 152 Å². The molecule has 1 saturated heterocycles. The second kappa shape index (κ2) is 17.9. The number of carboxylic acid groups (broad SMARTS) is 1. The van der Waals surface area contributed by atoms with Crippen LogP contribution in [0.2, 0.25) is 5.04 Å².